The number of nitrogens with two attached hydrogens (primary N) is 1. The van der Waals surface area contributed by atoms with Crippen molar-refractivity contribution in [3.05, 3.63) is 40.2 Å². The van der Waals surface area contributed by atoms with Crippen molar-refractivity contribution in [1.82, 2.24) is 15.0 Å². The van der Waals surface area contributed by atoms with Gasteiger partial charge in [-0.05, 0) is 37.5 Å². The van der Waals surface area contributed by atoms with Crippen LogP contribution in [0.15, 0.2) is 18.2 Å². The molecule has 0 aliphatic rings. The van der Waals surface area contributed by atoms with Gasteiger partial charge in [0.2, 0.25) is 0 Å². The number of halogens is 1. The van der Waals surface area contributed by atoms with E-state index in [1.165, 1.54) is 0 Å². The molecule has 1 aromatic carbocycles. The van der Waals surface area contributed by atoms with Crippen LogP contribution in [0.2, 0.25) is 5.02 Å². The number of rotatable bonds is 5. The van der Waals surface area contributed by atoms with Crippen LogP contribution in [-0.4, -0.2) is 15.0 Å². The van der Waals surface area contributed by atoms with Crippen LogP contribution in [0.4, 0.5) is 0 Å². The minimum Gasteiger partial charge on any atom is -0.325 e. The second-order valence-electron chi connectivity index (χ2n) is 4.59. The van der Waals surface area contributed by atoms with E-state index in [1.807, 2.05) is 29.8 Å². The Hall–Kier alpha value is -1.39. The third kappa shape index (κ3) is 2.80. The fourth-order valence-corrected chi connectivity index (χ4v) is 2.27. The maximum Gasteiger partial charge on any atom is 0.0999 e. The smallest absolute Gasteiger partial charge is 0.0999 e. The fourth-order valence-electron chi connectivity index (χ4n) is 2.10. The summed E-state index contributed by atoms with van der Waals surface area (Å²) >= 11 is 6.17. The molecule has 0 atom stereocenters. The molecule has 1 heterocycles. The number of hydrogen-bond acceptors (Lipinski definition) is 3. The summed E-state index contributed by atoms with van der Waals surface area (Å²) in [5, 5.41) is 9.16. The molecule has 0 unspecified atom stereocenters. The average molecular weight is 279 g/mol. The summed E-state index contributed by atoms with van der Waals surface area (Å²) in [6.07, 6.45) is 3.16. The predicted molar refractivity (Wildman–Crippen MR) is 77.6 cm³/mol. The van der Waals surface area contributed by atoms with Crippen LogP contribution >= 0.6 is 11.6 Å². The van der Waals surface area contributed by atoms with Gasteiger partial charge >= 0.3 is 0 Å². The first-order chi connectivity index (χ1) is 9.19. The van der Waals surface area contributed by atoms with Crippen molar-refractivity contribution in [2.24, 2.45) is 5.73 Å². The largest absolute Gasteiger partial charge is 0.325 e. The molecular weight excluding hydrogens is 260 g/mol. The number of aromatic nitrogens is 3. The van der Waals surface area contributed by atoms with Gasteiger partial charge in [-0.3, -0.25) is 0 Å². The van der Waals surface area contributed by atoms with Gasteiger partial charge in [-0.25, -0.2) is 4.68 Å². The van der Waals surface area contributed by atoms with Crippen LogP contribution in [-0.2, 0) is 13.0 Å². The molecule has 0 saturated carbocycles. The first-order valence-corrected chi connectivity index (χ1v) is 6.95. The van der Waals surface area contributed by atoms with Gasteiger partial charge in [0.05, 0.1) is 17.1 Å². The quantitative estimate of drug-likeness (QED) is 0.915. The summed E-state index contributed by atoms with van der Waals surface area (Å²) in [5.74, 6) is 0. The third-order valence-electron chi connectivity index (χ3n) is 3.27. The highest BCUT2D eigenvalue weighted by molar-refractivity contribution is 6.31. The predicted octanol–water partition coefficient (Wildman–Crippen LogP) is 3.03. The lowest BCUT2D eigenvalue weighted by molar-refractivity contribution is 0.712. The van der Waals surface area contributed by atoms with Crippen molar-refractivity contribution in [2.75, 3.05) is 0 Å². The zero-order chi connectivity index (χ0) is 13.8. The summed E-state index contributed by atoms with van der Waals surface area (Å²) in [7, 11) is 0. The van der Waals surface area contributed by atoms with Gasteiger partial charge in [0, 0.05) is 11.6 Å². The molecular formula is C14H19ClN4. The summed E-state index contributed by atoms with van der Waals surface area (Å²) < 4.78 is 1.87. The van der Waals surface area contributed by atoms with Crippen molar-refractivity contribution in [3.8, 4) is 5.69 Å². The fraction of sp³-hybridized carbons (Fsp3) is 0.429. The van der Waals surface area contributed by atoms with Gasteiger partial charge in [-0.2, -0.15) is 0 Å². The molecule has 0 saturated heterocycles. The molecule has 2 rings (SSSR count). The third-order valence-corrected chi connectivity index (χ3v) is 3.68. The molecule has 19 heavy (non-hydrogen) atoms. The lowest BCUT2D eigenvalue weighted by Crippen LogP contribution is -2.07. The van der Waals surface area contributed by atoms with E-state index in [1.54, 1.807) is 0 Å². The molecule has 4 nitrogen and oxygen atoms in total. The van der Waals surface area contributed by atoms with Crippen molar-refractivity contribution in [1.29, 1.82) is 0 Å². The van der Waals surface area contributed by atoms with Gasteiger partial charge in [0.1, 0.15) is 0 Å². The molecule has 0 aliphatic carbocycles. The zero-order valence-corrected chi connectivity index (χ0v) is 12.1. The minimum atomic E-state index is 0.415. The Morgan fingerprint density at radius 3 is 2.84 bits per heavy atom. The van der Waals surface area contributed by atoms with E-state index in [2.05, 4.69) is 17.2 Å². The molecule has 5 heteroatoms. The Morgan fingerprint density at radius 2 is 2.16 bits per heavy atom. The Kier molecular flexibility index (Phi) is 4.56. The molecule has 2 N–H and O–H groups in total. The molecule has 0 amide bonds. The molecule has 0 aliphatic heterocycles. The van der Waals surface area contributed by atoms with Crippen LogP contribution < -0.4 is 5.73 Å². The van der Waals surface area contributed by atoms with Crippen molar-refractivity contribution < 1.29 is 0 Å². The SMILES string of the molecule is CCCCc1c(CN)nnn1-c1cccc(Cl)c1C. The molecule has 0 spiro atoms. The summed E-state index contributed by atoms with van der Waals surface area (Å²) in [6, 6.07) is 5.82. The highest BCUT2D eigenvalue weighted by atomic mass is 35.5. The molecule has 0 bridgehead atoms. The summed E-state index contributed by atoms with van der Waals surface area (Å²) in [6.45, 7) is 4.57. The van der Waals surface area contributed by atoms with Crippen LogP contribution in [0.3, 0.4) is 0 Å². The number of nitrogens with zero attached hydrogens (tertiary/aromatic N) is 3. The second-order valence-corrected chi connectivity index (χ2v) is 4.99. The van der Waals surface area contributed by atoms with Gasteiger partial charge in [0.15, 0.2) is 0 Å². The van der Waals surface area contributed by atoms with Gasteiger partial charge in [-0.15, -0.1) is 5.10 Å². The second kappa shape index (κ2) is 6.17. The van der Waals surface area contributed by atoms with Crippen LogP contribution in [0.5, 0.6) is 0 Å². The topological polar surface area (TPSA) is 56.7 Å². The van der Waals surface area contributed by atoms with Crippen molar-refractivity contribution in [2.45, 2.75) is 39.7 Å². The van der Waals surface area contributed by atoms with Crippen LogP contribution in [0.25, 0.3) is 5.69 Å². The van der Waals surface area contributed by atoms with E-state index in [0.29, 0.717) is 6.54 Å². The number of benzene rings is 1. The first-order valence-electron chi connectivity index (χ1n) is 6.58. The number of unbranched alkanes of at least 4 members (excludes halogenated alkanes) is 1. The molecule has 102 valence electrons. The maximum atomic E-state index is 6.17. The molecule has 0 radical (unpaired) electrons. The zero-order valence-electron chi connectivity index (χ0n) is 11.4. The van der Waals surface area contributed by atoms with Gasteiger partial charge in [0.25, 0.3) is 0 Å². The molecule has 1 aromatic heterocycles. The van der Waals surface area contributed by atoms with E-state index < -0.39 is 0 Å². The normalized spacial score (nSPS) is 10.9. The van der Waals surface area contributed by atoms with Gasteiger partial charge < -0.3 is 5.73 Å². The van der Waals surface area contributed by atoms with E-state index in [4.69, 9.17) is 17.3 Å². The summed E-state index contributed by atoms with van der Waals surface area (Å²) in [5.41, 5.74) is 9.69. The molecule has 0 fully saturated rings. The summed E-state index contributed by atoms with van der Waals surface area (Å²) in [4.78, 5) is 0. The van der Waals surface area contributed by atoms with Crippen molar-refractivity contribution in [3.63, 3.8) is 0 Å². The standard InChI is InChI=1S/C14H19ClN4/c1-3-4-7-14-12(9-16)17-18-19(14)13-8-5-6-11(15)10(13)2/h5-6,8H,3-4,7,9,16H2,1-2H3. The monoisotopic (exact) mass is 278 g/mol. The Morgan fingerprint density at radius 1 is 1.37 bits per heavy atom. The van der Waals surface area contributed by atoms with E-state index in [0.717, 1.165) is 46.9 Å². The van der Waals surface area contributed by atoms with Crippen LogP contribution in [0.1, 0.15) is 36.7 Å². The minimum absolute atomic E-state index is 0.415. The Balaban J connectivity index is 2.49. The van der Waals surface area contributed by atoms with E-state index >= 15 is 0 Å². The number of hydrogen-bond donors (Lipinski definition) is 1. The Labute approximate surface area is 118 Å². The van der Waals surface area contributed by atoms with Gasteiger partial charge in [-0.1, -0.05) is 36.2 Å². The average Bonchev–Trinajstić information content (AvgIpc) is 2.82. The highest BCUT2D eigenvalue weighted by Crippen LogP contribution is 2.24. The lowest BCUT2D eigenvalue weighted by atomic mass is 10.1. The Bertz CT molecular complexity index is 563. The van der Waals surface area contributed by atoms with E-state index in [-0.39, 0.29) is 0 Å². The van der Waals surface area contributed by atoms with E-state index in [9.17, 15) is 0 Å². The highest BCUT2D eigenvalue weighted by Gasteiger charge is 2.14. The van der Waals surface area contributed by atoms with Crippen LogP contribution in [0, 0.1) is 6.92 Å². The molecule has 2 aromatic rings. The maximum absolute atomic E-state index is 6.17. The first kappa shape index (κ1) is 14.0. The van der Waals surface area contributed by atoms with Crippen molar-refractivity contribution >= 4 is 11.6 Å². The lowest BCUT2D eigenvalue weighted by Gasteiger charge is -2.10.